The van der Waals surface area contributed by atoms with E-state index in [-0.39, 0.29) is 11.9 Å². The van der Waals surface area contributed by atoms with Gasteiger partial charge in [-0.05, 0) is 25.5 Å². The van der Waals surface area contributed by atoms with E-state index in [1.54, 1.807) is 24.3 Å². The molecule has 94 valence electrons. The predicted octanol–water partition coefficient (Wildman–Crippen LogP) is 1.90. The number of para-hydroxylation sites is 1. The van der Waals surface area contributed by atoms with Crippen LogP contribution in [0.3, 0.4) is 0 Å². The van der Waals surface area contributed by atoms with Gasteiger partial charge in [-0.1, -0.05) is 18.2 Å². The Bertz CT molecular complexity index is 373. The van der Waals surface area contributed by atoms with Crippen molar-refractivity contribution in [2.24, 2.45) is 0 Å². The predicted molar refractivity (Wildman–Crippen MR) is 63.8 cm³/mol. The van der Waals surface area contributed by atoms with Crippen LogP contribution in [0.2, 0.25) is 0 Å². The smallest absolute Gasteiger partial charge is 0.335 e. The van der Waals surface area contributed by atoms with Crippen molar-refractivity contribution in [3.05, 3.63) is 29.8 Å². The minimum absolute atomic E-state index is 0.0787. The third-order valence-corrected chi connectivity index (χ3v) is 2.30. The van der Waals surface area contributed by atoms with Crippen molar-refractivity contribution < 1.29 is 19.4 Å². The van der Waals surface area contributed by atoms with Crippen LogP contribution >= 0.6 is 0 Å². The highest BCUT2D eigenvalue weighted by Crippen LogP contribution is 2.19. The monoisotopic (exact) mass is 238 g/mol. The minimum atomic E-state index is -0.687. The van der Waals surface area contributed by atoms with Crippen LogP contribution in [0.15, 0.2) is 24.3 Å². The second-order valence-corrected chi connectivity index (χ2v) is 4.03. The maximum atomic E-state index is 11.5. The van der Waals surface area contributed by atoms with Crippen LogP contribution in [0.1, 0.15) is 19.4 Å². The Morgan fingerprint density at radius 2 is 2.00 bits per heavy atom. The Balaban J connectivity index is 2.79. The van der Waals surface area contributed by atoms with Gasteiger partial charge in [0.2, 0.25) is 0 Å². The highest BCUT2D eigenvalue weighted by atomic mass is 16.6. The van der Waals surface area contributed by atoms with Crippen LogP contribution in [-0.4, -0.2) is 30.4 Å². The van der Waals surface area contributed by atoms with Gasteiger partial charge in [0.05, 0.1) is 13.2 Å². The van der Waals surface area contributed by atoms with E-state index in [4.69, 9.17) is 4.74 Å². The molecule has 1 aromatic carbocycles. The molecule has 17 heavy (non-hydrogen) atoms. The van der Waals surface area contributed by atoms with Crippen molar-refractivity contribution in [2.45, 2.75) is 32.5 Å². The molecule has 0 spiro atoms. The number of rotatable bonds is 5. The number of carbonyl (C=O) groups excluding carboxylic acids is 1. The first-order chi connectivity index (χ1) is 8.04. The number of benzene rings is 1. The zero-order chi connectivity index (χ0) is 12.8. The lowest BCUT2D eigenvalue weighted by atomic mass is 10.1. The van der Waals surface area contributed by atoms with Crippen molar-refractivity contribution in [2.75, 3.05) is 7.11 Å². The molecule has 1 rings (SSSR count). The van der Waals surface area contributed by atoms with Crippen molar-refractivity contribution in [3.8, 4) is 5.75 Å². The molecule has 0 fully saturated rings. The zero-order valence-electron chi connectivity index (χ0n) is 10.3. The average molecular weight is 238 g/mol. The molecule has 0 heterocycles. The molecule has 4 nitrogen and oxygen atoms in total. The van der Waals surface area contributed by atoms with Crippen LogP contribution in [0, 0.1) is 0 Å². The summed E-state index contributed by atoms with van der Waals surface area (Å²) in [5.41, 5.74) is 0.670. The summed E-state index contributed by atoms with van der Waals surface area (Å²) in [5, 5.41) is 9.64. The van der Waals surface area contributed by atoms with E-state index in [2.05, 4.69) is 4.74 Å². The van der Waals surface area contributed by atoms with E-state index >= 15 is 0 Å². The SMILES string of the molecule is COC(=O)C(Cc1ccccc1O)OC(C)C. The normalized spacial score (nSPS) is 12.5. The van der Waals surface area contributed by atoms with Crippen LogP contribution in [0.4, 0.5) is 0 Å². The molecule has 0 saturated carbocycles. The lowest BCUT2D eigenvalue weighted by molar-refractivity contribution is -0.156. The summed E-state index contributed by atoms with van der Waals surface area (Å²) in [6.45, 7) is 3.70. The number of esters is 1. The summed E-state index contributed by atoms with van der Waals surface area (Å²) in [4.78, 5) is 11.5. The largest absolute Gasteiger partial charge is 0.508 e. The molecule has 0 aliphatic rings. The fraction of sp³-hybridized carbons (Fsp3) is 0.462. The quantitative estimate of drug-likeness (QED) is 0.796. The Morgan fingerprint density at radius 3 is 2.53 bits per heavy atom. The Hall–Kier alpha value is -1.55. The summed E-state index contributed by atoms with van der Waals surface area (Å²) in [7, 11) is 1.32. The molecule has 0 amide bonds. The van der Waals surface area contributed by atoms with Gasteiger partial charge in [-0.15, -0.1) is 0 Å². The van der Waals surface area contributed by atoms with Gasteiger partial charge < -0.3 is 14.6 Å². The van der Waals surface area contributed by atoms with Gasteiger partial charge in [-0.25, -0.2) is 4.79 Å². The molecule has 1 atom stereocenters. The van der Waals surface area contributed by atoms with Gasteiger partial charge in [0, 0.05) is 6.42 Å². The van der Waals surface area contributed by atoms with Gasteiger partial charge in [0.25, 0.3) is 0 Å². The van der Waals surface area contributed by atoms with Crippen molar-refractivity contribution in [1.29, 1.82) is 0 Å². The summed E-state index contributed by atoms with van der Waals surface area (Å²) in [5.74, 6) is -0.268. The lowest BCUT2D eigenvalue weighted by Crippen LogP contribution is -2.30. The molecule has 0 aliphatic carbocycles. The first kappa shape index (κ1) is 13.5. The van der Waals surface area contributed by atoms with Crippen molar-refractivity contribution in [3.63, 3.8) is 0 Å². The fourth-order valence-electron chi connectivity index (χ4n) is 1.53. The van der Waals surface area contributed by atoms with Crippen LogP contribution in [0.5, 0.6) is 5.75 Å². The first-order valence-corrected chi connectivity index (χ1v) is 5.54. The summed E-state index contributed by atoms with van der Waals surface area (Å²) in [6, 6.07) is 6.88. The number of aromatic hydroxyl groups is 1. The van der Waals surface area contributed by atoms with E-state index in [0.717, 1.165) is 0 Å². The van der Waals surface area contributed by atoms with Gasteiger partial charge in [0.15, 0.2) is 6.10 Å². The summed E-state index contributed by atoms with van der Waals surface area (Å²) >= 11 is 0. The Morgan fingerprint density at radius 1 is 1.35 bits per heavy atom. The second-order valence-electron chi connectivity index (χ2n) is 4.03. The standard InChI is InChI=1S/C13H18O4/c1-9(2)17-12(13(15)16-3)8-10-6-4-5-7-11(10)14/h4-7,9,12,14H,8H2,1-3H3. The van der Waals surface area contributed by atoms with Gasteiger partial charge in [0.1, 0.15) is 5.75 Å². The van der Waals surface area contributed by atoms with E-state index in [9.17, 15) is 9.90 Å². The molecule has 0 aliphatic heterocycles. The molecular formula is C13H18O4. The maximum absolute atomic E-state index is 11.5. The number of hydrogen-bond donors (Lipinski definition) is 1. The van der Waals surface area contributed by atoms with Gasteiger partial charge in [-0.2, -0.15) is 0 Å². The topological polar surface area (TPSA) is 55.8 Å². The molecule has 0 aromatic heterocycles. The number of phenols is 1. The molecule has 1 aromatic rings. The van der Waals surface area contributed by atoms with E-state index in [1.807, 2.05) is 13.8 Å². The maximum Gasteiger partial charge on any atom is 0.335 e. The summed E-state index contributed by atoms with van der Waals surface area (Å²) in [6.07, 6.45) is -0.462. The number of ether oxygens (including phenoxy) is 2. The number of phenolic OH excluding ortho intramolecular Hbond substituents is 1. The van der Waals surface area contributed by atoms with Crippen LogP contribution < -0.4 is 0 Å². The second kappa shape index (κ2) is 6.25. The average Bonchev–Trinajstić information content (AvgIpc) is 2.29. The number of carbonyl (C=O) groups is 1. The lowest BCUT2D eigenvalue weighted by Gasteiger charge is -2.18. The third-order valence-electron chi connectivity index (χ3n) is 2.30. The molecule has 1 unspecified atom stereocenters. The first-order valence-electron chi connectivity index (χ1n) is 5.54. The number of methoxy groups -OCH3 is 1. The molecule has 0 saturated heterocycles. The van der Waals surface area contributed by atoms with E-state index in [1.165, 1.54) is 7.11 Å². The molecule has 4 heteroatoms. The summed E-state index contributed by atoms with van der Waals surface area (Å²) < 4.78 is 10.2. The van der Waals surface area contributed by atoms with Crippen molar-refractivity contribution >= 4 is 5.97 Å². The minimum Gasteiger partial charge on any atom is -0.508 e. The highest BCUT2D eigenvalue weighted by molar-refractivity contribution is 5.75. The molecule has 0 radical (unpaired) electrons. The van der Waals surface area contributed by atoms with Crippen molar-refractivity contribution in [1.82, 2.24) is 0 Å². The highest BCUT2D eigenvalue weighted by Gasteiger charge is 2.22. The Kier molecular flexibility index (Phi) is 4.97. The third kappa shape index (κ3) is 4.07. The number of hydrogen-bond acceptors (Lipinski definition) is 4. The van der Waals surface area contributed by atoms with Crippen LogP contribution in [0.25, 0.3) is 0 Å². The molecule has 1 N–H and O–H groups in total. The zero-order valence-corrected chi connectivity index (χ0v) is 10.3. The van der Waals surface area contributed by atoms with Gasteiger partial charge >= 0.3 is 5.97 Å². The fourth-order valence-corrected chi connectivity index (χ4v) is 1.53. The van der Waals surface area contributed by atoms with Crippen LogP contribution in [-0.2, 0) is 20.7 Å². The molecular weight excluding hydrogens is 220 g/mol. The van der Waals surface area contributed by atoms with E-state index < -0.39 is 12.1 Å². The van der Waals surface area contributed by atoms with Gasteiger partial charge in [-0.3, -0.25) is 0 Å². The Labute approximate surface area is 101 Å². The molecule has 0 bridgehead atoms. The van der Waals surface area contributed by atoms with E-state index in [0.29, 0.717) is 12.0 Å².